The van der Waals surface area contributed by atoms with Gasteiger partial charge in [-0.2, -0.15) is 0 Å². The quantitative estimate of drug-likeness (QED) is 0.347. The topological polar surface area (TPSA) is 21.6 Å². The highest BCUT2D eigenvalue weighted by Crippen LogP contribution is 2.53. The molecule has 0 atom stereocenters. The van der Waals surface area contributed by atoms with E-state index in [0.717, 1.165) is 29.0 Å². The van der Waals surface area contributed by atoms with Crippen molar-refractivity contribution >= 4 is 27.7 Å². The van der Waals surface area contributed by atoms with Gasteiger partial charge in [-0.3, -0.25) is 4.99 Å². The van der Waals surface area contributed by atoms with Crippen LogP contribution in [-0.2, 0) is 0 Å². The fourth-order valence-corrected chi connectivity index (χ4v) is 4.77. The molecule has 1 aliphatic heterocycles. The van der Waals surface area contributed by atoms with E-state index in [1.54, 1.807) is 7.11 Å². The smallest absolute Gasteiger partial charge is 0.119 e. The summed E-state index contributed by atoms with van der Waals surface area (Å²) in [5, 5.41) is 2.33. The monoisotopic (exact) mass is 399 g/mol. The number of ether oxygens (including phenoxy) is 1. The van der Waals surface area contributed by atoms with Gasteiger partial charge in [0.25, 0.3) is 0 Å². The number of hydrogen-bond donors (Lipinski definition) is 0. The summed E-state index contributed by atoms with van der Waals surface area (Å²) in [5.41, 5.74) is 9.57. The first-order valence-corrected chi connectivity index (χ1v) is 10.6. The molecule has 0 unspecified atom stereocenters. The normalized spacial score (nSPS) is 14.1. The number of nitrogens with zero attached hydrogens (tertiary/aromatic N) is 1. The molecule has 0 bridgehead atoms. The van der Waals surface area contributed by atoms with Crippen molar-refractivity contribution < 1.29 is 4.74 Å². The lowest BCUT2D eigenvalue weighted by Crippen LogP contribution is -2.01. The minimum Gasteiger partial charge on any atom is -0.497 e. The molecule has 0 radical (unpaired) electrons. The van der Waals surface area contributed by atoms with Gasteiger partial charge in [0.2, 0.25) is 0 Å². The molecule has 2 nitrogen and oxygen atoms in total. The second kappa shape index (κ2) is 7.10. The van der Waals surface area contributed by atoms with Crippen molar-refractivity contribution in [3.63, 3.8) is 0 Å². The molecule has 0 fully saturated rings. The first-order valence-electron chi connectivity index (χ1n) is 10.6. The maximum atomic E-state index is 5.62. The second-order valence-electron chi connectivity index (χ2n) is 7.89. The van der Waals surface area contributed by atoms with Crippen LogP contribution in [0.15, 0.2) is 102 Å². The number of fused-ring (bicyclic) bond motifs is 5. The molecule has 148 valence electrons. The molecule has 31 heavy (non-hydrogen) atoms. The Morgan fingerprint density at radius 3 is 2.16 bits per heavy atom. The van der Waals surface area contributed by atoms with Crippen LogP contribution in [0, 0.1) is 0 Å². The Morgan fingerprint density at radius 2 is 1.45 bits per heavy atom. The number of allylic oxidation sites excluding steroid dienone is 4. The van der Waals surface area contributed by atoms with Crippen LogP contribution in [0.2, 0.25) is 0 Å². The zero-order chi connectivity index (χ0) is 20.8. The van der Waals surface area contributed by atoms with Gasteiger partial charge in [-0.05, 0) is 40.3 Å². The predicted octanol–water partition coefficient (Wildman–Crippen LogP) is 7.61. The third-order valence-electron chi connectivity index (χ3n) is 6.15. The number of hydrogen-bond acceptors (Lipinski definition) is 2. The average molecular weight is 399 g/mol. The summed E-state index contributed by atoms with van der Waals surface area (Å²) in [6.07, 6.45) is 7.41. The molecule has 1 heterocycles. The van der Waals surface area contributed by atoms with E-state index in [4.69, 9.17) is 9.73 Å². The largest absolute Gasteiger partial charge is 0.497 e. The standard InChI is InChI=1S/C29H21NO/c1-31-21-16-17-22-24(18-21)26(19-10-4-2-5-11-19)27(20-12-6-3-7-13-20)28-23-14-8-9-15-25(23)30-29(22)28/h2-14,16-18H,15H2,1H3. The van der Waals surface area contributed by atoms with Crippen LogP contribution in [0.4, 0.5) is 5.69 Å². The highest BCUT2D eigenvalue weighted by molar-refractivity contribution is 6.35. The van der Waals surface area contributed by atoms with Crippen LogP contribution in [0.1, 0.15) is 12.0 Å². The van der Waals surface area contributed by atoms with Crippen molar-refractivity contribution in [2.45, 2.75) is 6.42 Å². The molecule has 2 heteroatoms. The fourth-order valence-electron chi connectivity index (χ4n) is 4.77. The highest BCUT2D eigenvalue weighted by Gasteiger charge is 2.30. The number of rotatable bonds is 3. The lowest BCUT2D eigenvalue weighted by molar-refractivity contribution is 0.415. The van der Waals surface area contributed by atoms with Gasteiger partial charge in [0, 0.05) is 28.5 Å². The molecule has 2 aliphatic rings. The molecule has 6 rings (SSSR count). The number of benzene rings is 4. The van der Waals surface area contributed by atoms with Crippen LogP contribution in [-0.4, -0.2) is 12.8 Å². The van der Waals surface area contributed by atoms with E-state index in [1.165, 1.54) is 38.8 Å². The van der Waals surface area contributed by atoms with Gasteiger partial charge in [0.1, 0.15) is 5.75 Å². The van der Waals surface area contributed by atoms with Gasteiger partial charge in [-0.1, -0.05) is 78.9 Å². The van der Waals surface area contributed by atoms with Crippen molar-refractivity contribution in [1.29, 1.82) is 0 Å². The Balaban J connectivity index is 1.84. The van der Waals surface area contributed by atoms with Gasteiger partial charge in [0.15, 0.2) is 0 Å². The number of aliphatic imine (C=N–C) groups is 1. The molecule has 0 aromatic heterocycles. The maximum absolute atomic E-state index is 5.62. The van der Waals surface area contributed by atoms with Gasteiger partial charge >= 0.3 is 0 Å². The van der Waals surface area contributed by atoms with E-state index in [-0.39, 0.29) is 0 Å². The molecule has 1 aliphatic carbocycles. The Labute approximate surface area is 181 Å². The SMILES string of the molecule is COc1ccc2c3c(c(-c4ccccc4)c(-c4ccccc4)c2c1)C1=CC=CCC1=N3. The molecule has 4 aromatic carbocycles. The van der Waals surface area contributed by atoms with Gasteiger partial charge in [-0.25, -0.2) is 0 Å². The molecule has 0 amide bonds. The third-order valence-corrected chi connectivity index (χ3v) is 6.15. The van der Waals surface area contributed by atoms with Crippen molar-refractivity contribution in [1.82, 2.24) is 0 Å². The molecule has 4 aromatic rings. The second-order valence-corrected chi connectivity index (χ2v) is 7.89. The van der Waals surface area contributed by atoms with E-state index in [9.17, 15) is 0 Å². The van der Waals surface area contributed by atoms with Gasteiger partial charge < -0.3 is 4.74 Å². The molecule has 0 saturated heterocycles. The molecule has 0 N–H and O–H groups in total. The summed E-state index contributed by atoms with van der Waals surface area (Å²) >= 11 is 0. The summed E-state index contributed by atoms with van der Waals surface area (Å²) in [5.74, 6) is 0.854. The van der Waals surface area contributed by atoms with E-state index >= 15 is 0 Å². The van der Waals surface area contributed by atoms with Crippen molar-refractivity contribution in [2.75, 3.05) is 7.11 Å². The van der Waals surface area contributed by atoms with Crippen molar-refractivity contribution in [3.05, 3.63) is 103 Å². The first-order chi connectivity index (χ1) is 15.3. The zero-order valence-electron chi connectivity index (χ0n) is 17.3. The minimum absolute atomic E-state index is 0.854. The van der Waals surface area contributed by atoms with Crippen molar-refractivity contribution in [3.8, 4) is 28.0 Å². The molecular formula is C29H21NO. The summed E-state index contributed by atoms with van der Waals surface area (Å²) in [6, 6.07) is 27.7. The fraction of sp³-hybridized carbons (Fsp3) is 0.0690. The molecular weight excluding hydrogens is 378 g/mol. The lowest BCUT2D eigenvalue weighted by atomic mass is 9.82. The Hall–Kier alpha value is -3.91. The van der Waals surface area contributed by atoms with E-state index < -0.39 is 0 Å². The number of methoxy groups -OCH3 is 1. The highest BCUT2D eigenvalue weighted by atomic mass is 16.5. The summed E-state index contributed by atoms with van der Waals surface area (Å²) in [4.78, 5) is 5.13. The molecule has 0 saturated carbocycles. The average Bonchev–Trinajstić information content (AvgIpc) is 3.23. The lowest BCUT2D eigenvalue weighted by Gasteiger charge is -2.20. The maximum Gasteiger partial charge on any atom is 0.119 e. The summed E-state index contributed by atoms with van der Waals surface area (Å²) in [7, 11) is 1.72. The first kappa shape index (κ1) is 17.9. The van der Waals surface area contributed by atoms with Gasteiger partial charge in [0.05, 0.1) is 18.5 Å². The zero-order valence-corrected chi connectivity index (χ0v) is 17.3. The van der Waals surface area contributed by atoms with Crippen LogP contribution in [0.25, 0.3) is 38.6 Å². The molecule has 0 spiro atoms. The Morgan fingerprint density at radius 1 is 0.742 bits per heavy atom. The van der Waals surface area contributed by atoms with Crippen LogP contribution < -0.4 is 4.74 Å². The van der Waals surface area contributed by atoms with Crippen LogP contribution in [0.3, 0.4) is 0 Å². The third kappa shape index (κ3) is 2.76. The van der Waals surface area contributed by atoms with Crippen LogP contribution >= 0.6 is 0 Å². The van der Waals surface area contributed by atoms with E-state index in [0.29, 0.717) is 0 Å². The van der Waals surface area contributed by atoms with E-state index in [2.05, 4.69) is 91.0 Å². The van der Waals surface area contributed by atoms with Crippen LogP contribution in [0.5, 0.6) is 5.75 Å². The van der Waals surface area contributed by atoms with Crippen molar-refractivity contribution in [2.24, 2.45) is 4.99 Å². The minimum atomic E-state index is 0.854. The predicted molar refractivity (Wildman–Crippen MR) is 130 cm³/mol. The van der Waals surface area contributed by atoms with Gasteiger partial charge in [-0.15, -0.1) is 0 Å². The Kier molecular flexibility index (Phi) is 4.10. The Bertz CT molecular complexity index is 1410. The van der Waals surface area contributed by atoms with E-state index in [1.807, 2.05) is 6.07 Å². The summed E-state index contributed by atoms with van der Waals surface area (Å²) < 4.78 is 5.62. The summed E-state index contributed by atoms with van der Waals surface area (Å²) in [6.45, 7) is 0.